The average molecular weight is 263 g/mol. The van der Waals surface area contributed by atoms with Crippen LogP contribution in [0.4, 0.5) is 5.69 Å². The molecule has 19 heavy (non-hydrogen) atoms. The van der Waals surface area contributed by atoms with Crippen molar-refractivity contribution in [2.24, 2.45) is 5.92 Å². The van der Waals surface area contributed by atoms with Gasteiger partial charge in [-0.3, -0.25) is 30.6 Å². The molecule has 1 aliphatic carbocycles. The van der Waals surface area contributed by atoms with Gasteiger partial charge in [0.25, 0.3) is 11.6 Å². The zero-order chi connectivity index (χ0) is 13.8. The zero-order valence-electron chi connectivity index (χ0n) is 10.1. The Balaban J connectivity index is 1.99. The third kappa shape index (κ3) is 2.87. The van der Waals surface area contributed by atoms with Crippen molar-refractivity contribution in [3.8, 4) is 0 Å². The number of nitro groups is 1. The summed E-state index contributed by atoms with van der Waals surface area (Å²) in [6.07, 6.45) is 2.64. The highest BCUT2D eigenvalue weighted by Gasteiger charge is 2.26. The van der Waals surface area contributed by atoms with Gasteiger partial charge >= 0.3 is 0 Å². The Kier molecular flexibility index (Phi) is 3.74. The molecule has 0 saturated heterocycles. The first-order valence-corrected chi connectivity index (χ1v) is 5.93. The van der Waals surface area contributed by atoms with Crippen molar-refractivity contribution in [2.75, 3.05) is 0 Å². The molecular formula is C12H13N3O4. The van der Waals surface area contributed by atoms with E-state index >= 15 is 0 Å². The molecule has 1 aromatic carbocycles. The fourth-order valence-electron chi connectivity index (χ4n) is 1.78. The molecule has 0 bridgehead atoms. The van der Waals surface area contributed by atoms with Crippen LogP contribution in [-0.4, -0.2) is 16.7 Å². The van der Waals surface area contributed by atoms with E-state index in [0.29, 0.717) is 0 Å². The van der Waals surface area contributed by atoms with Crippen molar-refractivity contribution >= 4 is 17.5 Å². The van der Waals surface area contributed by atoms with Crippen LogP contribution >= 0.6 is 0 Å². The van der Waals surface area contributed by atoms with Gasteiger partial charge in [-0.25, -0.2) is 0 Å². The lowest BCUT2D eigenvalue weighted by molar-refractivity contribution is -0.385. The Labute approximate surface area is 109 Å². The van der Waals surface area contributed by atoms with Gasteiger partial charge < -0.3 is 0 Å². The smallest absolute Gasteiger partial charge is 0.273 e. The Bertz CT molecular complexity index is 525. The van der Waals surface area contributed by atoms with Crippen molar-refractivity contribution in [3.63, 3.8) is 0 Å². The minimum absolute atomic E-state index is 0.0638. The largest absolute Gasteiger partial charge is 0.282 e. The summed E-state index contributed by atoms with van der Waals surface area (Å²) in [4.78, 5) is 33.4. The van der Waals surface area contributed by atoms with E-state index in [1.54, 1.807) is 0 Å². The molecule has 0 aliphatic heterocycles. The average Bonchev–Trinajstić information content (AvgIpc) is 2.33. The van der Waals surface area contributed by atoms with Gasteiger partial charge in [0.05, 0.1) is 4.92 Å². The predicted molar refractivity (Wildman–Crippen MR) is 66.0 cm³/mol. The maximum Gasteiger partial charge on any atom is 0.282 e. The van der Waals surface area contributed by atoms with Crippen LogP contribution in [0.2, 0.25) is 0 Å². The molecule has 7 heteroatoms. The summed E-state index contributed by atoms with van der Waals surface area (Å²) in [6.45, 7) is 0. The van der Waals surface area contributed by atoms with Gasteiger partial charge in [-0.05, 0) is 18.9 Å². The minimum atomic E-state index is -0.694. The fraction of sp³-hybridized carbons (Fsp3) is 0.333. The highest BCUT2D eigenvalue weighted by Crippen LogP contribution is 2.25. The quantitative estimate of drug-likeness (QED) is 0.631. The maximum atomic E-state index is 11.8. The summed E-state index contributed by atoms with van der Waals surface area (Å²) in [5.74, 6) is -1.01. The lowest BCUT2D eigenvalue weighted by Crippen LogP contribution is -2.46. The standard InChI is InChI=1S/C12H13N3O4/c16-11(8-4-3-5-8)13-14-12(17)9-6-1-2-7-10(9)15(18)19/h1-2,6-8H,3-5H2,(H,13,16)(H,14,17). The number of amides is 2. The van der Waals surface area contributed by atoms with E-state index in [1.165, 1.54) is 24.3 Å². The first-order valence-electron chi connectivity index (χ1n) is 5.93. The molecule has 1 fully saturated rings. The van der Waals surface area contributed by atoms with Crippen LogP contribution in [0.5, 0.6) is 0 Å². The molecule has 2 rings (SSSR count). The van der Waals surface area contributed by atoms with Crippen molar-refractivity contribution in [3.05, 3.63) is 39.9 Å². The number of hydrogen-bond donors (Lipinski definition) is 2. The molecule has 0 heterocycles. The van der Waals surface area contributed by atoms with Crippen LogP contribution in [0, 0.1) is 16.0 Å². The second kappa shape index (κ2) is 5.47. The third-order valence-electron chi connectivity index (χ3n) is 3.12. The normalized spacial score (nSPS) is 14.3. The molecular weight excluding hydrogens is 250 g/mol. The molecule has 7 nitrogen and oxygen atoms in total. The number of benzene rings is 1. The van der Waals surface area contributed by atoms with Gasteiger partial charge in [0.2, 0.25) is 5.91 Å². The van der Waals surface area contributed by atoms with Gasteiger partial charge in [-0.1, -0.05) is 18.6 Å². The summed E-state index contributed by atoms with van der Waals surface area (Å²) >= 11 is 0. The summed E-state index contributed by atoms with van der Waals surface area (Å²) in [5.41, 5.74) is 4.11. The Morgan fingerprint density at radius 2 is 1.89 bits per heavy atom. The molecule has 1 aromatic rings. The molecule has 0 aromatic heterocycles. The van der Waals surface area contributed by atoms with E-state index in [9.17, 15) is 19.7 Å². The number of hydrazine groups is 1. The number of nitrogens with one attached hydrogen (secondary N) is 2. The van der Waals surface area contributed by atoms with Gasteiger partial charge in [0, 0.05) is 12.0 Å². The highest BCUT2D eigenvalue weighted by atomic mass is 16.6. The van der Waals surface area contributed by atoms with E-state index in [-0.39, 0.29) is 23.1 Å². The molecule has 2 N–H and O–H groups in total. The van der Waals surface area contributed by atoms with Crippen LogP contribution in [0.1, 0.15) is 29.6 Å². The molecule has 100 valence electrons. The number of carbonyl (C=O) groups is 2. The topological polar surface area (TPSA) is 101 Å². The van der Waals surface area contributed by atoms with E-state index in [0.717, 1.165) is 19.3 Å². The van der Waals surface area contributed by atoms with Crippen LogP contribution < -0.4 is 10.9 Å². The summed E-state index contributed by atoms with van der Waals surface area (Å²) in [7, 11) is 0. The number of nitrogens with zero attached hydrogens (tertiary/aromatic N) is 1. The highest BCUT2D eigenvalue weighted by molar-refractivity contribution is 5.99. The molecule has 1 saturated carbocycles. The Morgan fingerprint density at radius 3 is 2.47 bits per heavy atom. The number of nitro benzene ring substituents is 1. The van der Waals surface area contributed by atoms with Gasteiger partial charge in [-0.2, -0.15) is 0 Å². The van der Waals surface area contributed by atoms with Gasteiger partial charge in [0.15, 0.2) is 0 Å². The van der Waals surface area contributed by atoms with Gasteiger partial charge in [0.1, 0.15) is 5.56 Å². The number of para-hydroxylation sites is 1. The SMILES string of the molecule is O=C(NNC(=O)C1CCC1)c1ccccc1[N+](=O)[O-]. The van der Waals surface area contributed by atoms with Crippen LogP contribution in [0.15, 0.2) is 24.3 Å². The third-order valence-corrected chi connectivity index (χ3v) is 3.12. The molecule has 2 amide bonds. The van der Waals surface area contributed by atoms with Crippen molar-refractivity contribution in [2.45, 2.75) is 19.3 Å². The maximum absolute atomic E-state index is 11.8. The van der Waals surface area contributed by atoms with E-state index in [1.807, 2.05) is 0 Å². The minimum Gasteiger partial charge on any atom is -0.273 e. The summed E-state index contributed by atoms with van der Waals surface area (Å²) < 4.78 is 0. The molecule has 1 aliphatic rings. The molecule has 0 unspecified atom stereocenters. The molecule has 0 atom stereocenters. The van der Waals surface area contributed by atoms with Crippen molar-refractivity contribution in [1.29, 1.82) is 0 Å². The number of rotatable bonds is 3. The number of carbonyl (C=O) groups excluding carboxylic acids is 2. The second-order valence-corrected chi connectivity index (χ2v) is 4.35. The number of hydrogen-bond acceptors (Lipinski definition) is 4. The van der Waals surface area contributed by atoms with Crippen LogP contribution in [0.25, 0.3) is 0 Å². The first-order chi connectivity index (χ1) is 9.09. The van der Waals surface area contributed by atoms with Crippen LogP contribution in [0.3, 0.4) is 0 Å². The lowest BCUT2D eigenvalue weighted by atomic mass is 9.85. The molecule has 0 radical (unpaired) electrons. The predicted octanol–water partition coefficient (Wildman–Crippen LogP) is 1.16. The second-order valence-electron chi connectivity index (χ2n) is 4.35. The van der Waals surface area contributed by atoms with E-state index in [2.05, 4.69) is 10.9 Å². The van der Waals surface area contributed by atoms with E-state index < -0.39 is 10.8 Å². The fourth-order valence-corrected chi connectivity index (χ4v) is 1.78. The van der Waals surface area contributed by atoms with E-state index in [4.69, 9.17) is 0 Å². The Morgan fingerprint density at radius 1 is 1.21 bits per heavy atom. The summed E-state index contributed by atoms with van der Waals surface area (Å²) in [5, 5.41) is 10.8. The zero-order valence-corrected chi connectivity index (χ0v) is 10.1. The van der Waals surface area contributed by atoms with Crippen molar-refractivity contribution in [1.82, 2.24) is 10.9 Å². The first kappa shape index (κ1) is 13.0. The molecule has 0 spiro atoms. The van der Waals surface area contributed by atoms with Crippen molar-refractivity contribution < 1.29 is 14.5 Å². The monoisotopic (exact) mass is 263 g/mol. The Hall–Kier alpha value is -2.44. The lowest BCUT2D eigenvalue weighted by Gasteiger charge is -2.23. The van der Waals surface area contributed by atoms with Gasteiger partial charge in [-0.15, -0.1) is 0 Å². The summed E-state index contributed by atoms with van der Waals surface area (Å²) in [6, 6.07) is 5.57. The van der Waals surface area contributed by atoms with Crippen LogP contribution in [-0.2, 0) is 4.79 Å².